The van der Waals surface area contributed by atoms with Crippen molar-refractivity contribution in [1.82, 2.24) is 0 Å². The maximum absolute atomic E-state index is 13.2. The lowest BCUT2D eigenvalue weighted by atomic mass is 9.99. The fraction of sp³-hybridized carbons (Fsp3) is 0.954. The van der Waals surface area contributed by atoms with Crippen LogP contribution in [0.1, 0.15) is 453 Å². The Labute approximate surface area is 651 Å². The number of hydrogen-bond donors (Lipinski definition) is 3. The molecule has 0 aromatic rings. The van der Waals surface area contributed by atoms with Gasteiger partial charge in [0.15, 0.2) is 12.2 Å². The lowest BCUT2D eigenvalue weighted by Gasteiger charge is -2.21. The Morgan fingerprint density at radius 2 is 0.453 bits per heavy atom. The monoisotopic (exact) mass is 1550 g/mol. The number of carbonyl (C=O) groups is 4. The second-order valence-electron chi connectivity index (χ2n) is 32.7. The summed E-state index contributed by atoms with van der Waals surface area (Å²) in [4.78, 5) is 73.2. The minimum Gasteiger partial charge on any atom is -0.462 e. The molecule has 0 aromatic carbocycles. The van der Waals surface area contributed by atoms with Gasteiger partial charge in [-0.2, -0.15) is 0 Å². The van der Waals surface area contributed by atoms with E-state index in [0.29, 0.717) is 31.6 Å². The fourth-order valence-corrected chi connectivity index (χ4v) is 15.0. The average Bonchev–Trinajstić information content (AvgIpc) is 0.905. The third-order valence-corrected chi connectivity index (χ3v) is 22.9. The lowest BCUT2D eigenvalue weighted by Crippen LogP contribution is -2.30. The third kappa shape index (κ3) is 77.4. The zero-order valence-electron chi connectivity index (χ0n) is 70.1. The smallest absolute Gasteiger partial charge is 0.462 e. The lowest BCUT2D eigenvalue weighted by molar-refractivity contribution is -0.161. The molecule has 19 heteroatoms. The molecule has 0 rings (SSSR count). The summed E-state index contributed by atoms with van der Waals surface area (Å²) in [7, 11) is -9.93. The summed E-state index contributed by atoms with van der Waals surface area (Å²) < 4.78 is 68.9. The van der Waals surface area contributed by atoms with Crippen molar-refractivity contribution in [3.05, 3.63) is 0 Å². The highest BCUT2D eigenvalue weighted by molar-refractivity contribution is 7.47. The highest BCUT2D eigenvalue weighted by Crippen LogP contribution is 2.45. The number of esters is 4. The summed E-state index contributed by atoms with van der Waals surface area (Å²) in [5.41, 5.74) is 0. The molecule has 0 saturated carbocycles. The molecule has 0 fully saturated rings. The van der Waals surface area contributed by atoms with E-state index in [4.69, 9.17) is 37.0 Å². The zero-order chi connectivity index (χ0) is 78.1. The molecule has 0 aliphatic heterocycles. The Balaban J connectivity index is 5.21. The molecule has 0 spiro atoms. The highest BCUT2D eigenvalue weighted by Gasteiger charge is 2.31. The van der Waals surface area contributed by atoms with Gasteiger partial charge >= 0.3 is 39.5 Å². The van der Waals surface area contributed by atoms with Crippen LogP contribution in [0.2, 0.25) is 0 Å². The van der Waals surface area contributed by atoms with Crippen LogP contribution in [0.3, 0.4) is 0 Å². The first-order valence-corrected chi connectivity index (χ1v) is 47.8. The topological polar surface area (TPSA) is 237 Å². The van der Waals surface area contributed by atoms with E-state index in [1.54, 1.807) is 0 Å². The van der Waals surface area contributed by atoms with E-state index >= 15 is 0 Å². The van der Waals surface area contributed by atoms with E-state index in [9.17, 15) is 43.2 Å². The van der Waals surface area contributed by atoms with Crippen molar-refractivity contribution in [3.63, 3.8) is 0 Å². The van der Waals surface area contributed by atoms with E-state index in [1.165, 1.54) is 250 Å². The van der Waals surface area contributed by atoms with Crippen molar-refractivity contribution in [2.75, 3.05) is 39.6 Å². The van der Waals surface area contributed by atoms with Gasteiger partial charge in [-0.05, 0) is 49.4 Å². The standard InChI is InChI=1S/C87H170O17P2/c1-9-79(7)65-57-49-40-34-28-22-15-13-11-12-14-16-25-31-37-43-53-61-69-86(91)103-82(73-97-84(89)67-59-51-42-36-30-24-20-18-23-29-35-41-50-58-66-80(8)10-2)75-101-105(93,94)99-71-81(88)72-100-106(95,96)102-76-83(74-98-85(90)68-60-52-46-45-48-56-64-78(5)6)104-87(92)70-62-54-44-38-32-26-19-17-21-27-33-39-47-55-63-77(3)4/h77-83,88H,9-76H2,1-8H3,(H,93,94)(H,95,96)/t79?,80?,81-,82-,83-/m1/s1. The van der Waals surface area contributed by atoms with E-state index in [2.05, 4.69) is 55.4 Å². The van der Waals surface area contributed by atoms with Gasteiger partial charge in [-0.1, -0.05) is 402 Å². The Morgan fingerprint density at radius 1 is 0.264 bits per heavy atom. The normalized spacial score (nSPS) is 14.4. The molecule has 0 radical (unpaired) electrons. The minimum absolute atomic E-state index is 0.106. The van der Waals surface area contributed by atoms with Gasteiger partial charge in [0.25, 0.3) is 0 Å². The number of phosphoric ester groups is 2. The number of carbonyl (C=O) groups excluding carboxylic acids is 4. The van der Waals surface area contributed by atoms with Crippen LogP contribution >= 0.6 is 15.6 Å². The second-order valence-corrected chi connectivity index (χ2v) is 35.6. The number of phosphoric acid groups is 2. The van der Waals surface area contributed by atoms with Gasteiger partial charge in [0.05, 0.1) is 26.4 Å². The summed E-state index contributed by atoms with van der Waals surface area (Å²) in [6.45, 7) is 14.3. The highest BCUT2D eigenvalue weighted by atomic mass is 31.2. The summed E-state index contributed by atoms with van der Waals surface area (Å²) in [5, 5.41) is 10.7. The molecule has 0 aliphatic carbocycles. The molecule has 0 aliphatic rings. The van der Waals surface area contributed by atoms with Crippen molar-refractivity contribution in [2.24, 2.45) is 23.7 Å². The number of aliphatic hydroxyl groups excluding tert-OH is 1. The molecular weight excluding hydrogens is 1380 g/mol. The van der Waals surface area contributed by atoms with Crippen molar-refractivity contribution < 1.29 is 80.2 Å². The SMILES string of the molecule is CCC(C)CCCCCCCCCCCCCCCCCCCCC(=O)O[C@H](COC(=O)CCCCCCCCCCCCCCCCC(C)CC)COP(=O)(O)OC[C@@H](O)COP(=O)(O)OC[C@@H](COC(=O)CCCCCCCCC(C)C)OC(=O)CCCCCCCCCCCCCCCCC(C)C. The van der Waals surface area contributed by atoms with Gasteiger partial charge in [0.1, 0.15) is 19.3 Å². The zero-order valence-corrected chi connectivity index (χ0v) is 71.9. The Hall–Kier alpha value is -1.94. The second kappa shape index (κ2) is 75.7. The molecule has 0 bridgehead atoms. The minimum atomic E-state index is -4.97. The first-order chi connectivity index (χ1) is 51.2. The first-order valence-electron chi connectivity index (χ1n) is 44.8. The molecule has 3 N–H and O–H groups in total. The summed E-state index contributed by atoms with van der Waals surface area (Å²) in [5.74, 6) is 1.09. The van der Waals surface area contributed by atoms with Crippen LogP contribution in [0.4, 0.5) is 0 Å². The predicted molar refractivity (Wildman–Crippen MR) is 437 cm³/mol. The number of aliphatic hydroxyl groups is 1. The number of hydrogen-bond acceptors (Lipinski definition) is 15. The van der Waals surface area contributed by atoms with Crippen molar-refractivity contribution in [2.45, 2.75) is 472 Å². The first kappa shape index (κ1) is 104. The summed E-state index contributed by atoms with van der Waals surface area (Å²) >= 11 is 0. The van der Waals surface area contributed by atoms with Gasteiger partial charge in [-0.25, -0.2) is 9.13 Å². The molecule has 0 saturated heterocycles. The van der Waals surface area contributed by atoms with Gasteiger partial charge in [0.2, 0.25) is 0 Å². The van der Waals surface area contributed by atoms with E-state index in [-0.39, 0.29) is 25.7 Å². The summed E-state index contributed by atoms with van der Waals surface area (Å²) in [6, 6.07) is 0. The van der Waals surface area contributed by atoms with Gasteiger partial charge in [-0.3, -0.25) is 37.3 Å². The molecule has 0 heterocycles. The Bertz CT molecular complexity index is 2060. The largest absolute Gasteiger partial charge is 0.472 e. The third-order valence-electron chi connectivity index (χ3n) is 21.0. The van der Waals surface area contributed by atoms with Gasteiger partial charge in [0, 0.05) is 25.7 Å². The molecule has 0 aromatic heterocycles. The van der Waals surface area contributed by atoms with Crippen LogP contribution in [0.5, 0.6) is 0 Å². The van der Waals surface area contributed by atoms with Gasteiger partial charge in [-0.15, -0.1) is 0 Å². The molecule has 106 heavy (non-hydrogen) atoms. The fourth-order valence-electron chi connectivity index (χ4n) is 13.4. The summed E-state index contributed by atoms with van der Waals surface area (Å²) in [6.07, 6.45) is 65.4. The van der Waals surface area contributed by atoms with Crippen LogP contribution in [0.25, 0.3) is 0 Å². The molecule has 4 unspecified atom stereocenters. The van der Waals surface area contributed by atoms with E-state index < -0.39 is 97.5 Å². The molecular formula is C87H170O17P2. The van der Waals surface area contributed by atoms with E-state index in [1.807, 2.05) is 0 Å². The Morgan fingerprint density at radius 3 is 0.670 bits per heavy atom. The molecule has 0 amide bonds. The predicted octanol–water partition coefficient (Wildman–Crippen LogP) is 26.3. The van der Waals surface area contributed by atoms with Crippen LogP contribution < -0.4 is 0 Å². The number of rotatable bonds is 84. The average molecular weight is 1550 g/mol. The molecule has 630 valence electrons. The van der Waals surface area contributed by atoms with Crippen molar-refractivity contribution in [3.8, 4) is 0 Å². The van der Waals surface area contributed by atoms with Gasteiger partial charge < -0.3 is 33.8 Å². The van der Waals surface area contributed by atoms with Crippen molar-refractivity contribution in [1.29, 1.82) is 0 Å². The number of unbranched alkanes of at least 4 members (excludes halogenated alkanes) is 48. The Kier molecular flexibility index (Phi) is 74.3. The maximum Gasteiger partial charge on any atom is 0.472 e. The maximum atomic E-state index is 13.2. The number of ether oxygens (including phenoxy) is 4. The quantitative estimate of drug-likeness (QED) is 0.0222. The van der Waals surface area contributed by atoms with Crippen LogP contribution in [0, 0.1) is 23.7 Å². The molecule has 17 nitrogen and oxygen atoms in total. The van der Waals surface area contributed by atoms with Crippen LogP contribution in [-0.4, -0.2) is 96.7 Å². The van der Waals surface area contributed by atoms with Crippen LogP contribution in [0.15, 0.2) is 0 Å². The van der Waals surface area contributed by atoms with Crippen LogP contribution in [-0.2, 0) is 65.4 Å². The van der Waals surface area contributed by atoms with Crippen molar-refractivity contribution >= 4 is 39.5 Å². The van der Waals surface area contributed by atoms with E-state index in [0.717, 1.165) is 114 Å². The molecule has 7 atom stereocenters.